The van der Waals surface area contributed by atoms with E-state index in [2.05, 4.69) is 10.6 Å². The van der Waals surface area contributed by atoms with Crippen LogP contribution in [-0.4, -0.2) is 40.9 Å². The van der Waals surface area contributed by atoms with Crippen molar-refractivity contribution in [1.29, 1.82) is 0 Å². The molecule has 1 unspecified atom stereocenters. The van der Waals surface area contributed by atoms with Crippen LogP contribution in [0.25, 0.3) is 0 Å². The van der Waals surface area contributed by atoms with Crippen LogP contribution in [0.3, 0.4) is 0 Å². The summed E-state index contributed by atoms with van der Waals surface area (Å²) < 4.78 is 5.25. The molecule has 1 rings (SSSR count). The molecular formula is C16H30N2O4. The summed E-state index contributed by atoms with van der Waals surface area (Å²) in [6.45, 7) is 9.32. The second-order valence-electron chi connectivity index (χ2n) is 7.42. The summed E-state index contributed by atoms with van der Waals surface area (Å²) >= 11 is 0. The molecule has 1 saturated carbocycles. The van der Waals surface area contributed by atoms with Crippen molar-refractivity contribution < 1.29 is 19.4 Å². The molecule has 1 amide bonds. The van der Waals surface area contributed by atoms with Gasteiger partial charge in [0.2, 0.25) is 0 Å². The number of carbonyl (C=O) groups excluding carboxylic acids is 1. The number of carboxylic acids is 1. The van der Waals surface area contributed by atoms with Crippen LogP contribution in [0.2, 0.25) is 0 Å². The standard InChI is InChI=1S/C16H30N2O4/c1-10(2)13(14(19)20)17-11-6-8-12(9-7-11)18-15(21)22-16(3,4)5/h10-13,17H,6-9H2,1-5H3,(H,18,21)(H,19,20). The monoisotopic (exact) mass is 314 g/mol. The average molecular weight is 314 g/mol. The molecule has 3 N–H and O–H groups in total. The van der Waals surface area contributed by atoms with Crippen LogP contribution < -0.4 is 10.6 Å². The van der Waals surface area contributed by atoms with Crippen molar-refractivity contribution in [2.75, 3.05) is 0 Å². The van der Waals surface area contributed by atoms with Gasteiger partial charge in [0.1, 0.15) is 11.6 Å². The minimum absolute atomic E-state index is 0.0510. The molecule has 0 aliphatic heterocycles. The average Bonchev–Trinajstić information content (AvgIpc) is 2.34. The third-order valence-corrected chi connectivity index (χ3v) is 3.80. The van der Waals surface area contributed by atoms with E-state index in [1.807, 2.05) is 34.6 Å². The Morgan fingerprint density at radius 3 is 2.00 bits per heavy atom. The Kier molecular flexibility index (Phi) is 6.66. The molecule has 0 bridgehead atoms. The molecule has 1 fully saturated rings. The molecule has 0 radical (unpaired) electrons. The number of hydrogen-bond acceptors (Lipinski definition) is 4. The number of hydrogen-bond donors (Lipinski definition) is 3. The highest BCUT2D eigenvalue weighted by molar-refractivity contribution is 5.73. The molecule has 0 spiro atoms. The van der Waals surface area contributed by atoms with E-state index >= 15 is 0 Å². The van der Waals surface area contributed by atoms with Gasteiger partial charge < -0.3 is 20.5 Å². The van der Waals surface area contributed by atoms with E-state index in [1.165, 1.54) is 0 Å². The van der Waals surface area contributed by atoms with E-state index in [0.717, 1.165) is 25.7 Å². The second-order valence-corrected chi connectivity index (χ2v) is 7.42. The maximum atomic E-state index is 11.7. The number of rotatable bonds is 5. The van der Waals surface area contributed by atoms with Crippen molar-refractivity contribution in [3.05, 3.63) is 0 Å². The van der Waals surface area contributed by atoms with Crippen LogP contribution in [0.5, 0.6) is 0 Å². The molecule has 0 aromatic rings. The summed E-state index contributed by atoms with van der Waals surface area (Å²) in [7, 11) is 0. The fraction of sp³-hybridized carbons (Fsp3) is 0.875. The van der Waals surface area contributed by atoms with Crippen LogP contribution in [0, 0.1) is 5.92 Å². The van der Waals surface area contributed by atoms with E-state index < -0.39 is 17.6 Å². The summed E-state index contributed by atoms with van der Waals surface area (Å²) in [5, 5.41) is 15.3. The number of ether oxygens (including phenoxy) is 1. The van der Waals surface area contributed by atoms with Gasteiger partial charge in [0.05, 0.1) is 0 Å². The maximum absolute atomic E-state index is 11.7. The summed E-state index contributed by atoms with van der Waals surface area (Å²) in [6.07, 6.45) is 3.01. The quantitative estimate of drug-likeness (QED) is 0.726. The van der Waals surface area contributed by atoms with E-state index in [4.69, 9.17) is 4.74 Å². The number of aliphatic carboxylic acids is 1. The summed E-state index contributed by atoms with van der Waals surface area (Å²) in [5.74, 6) is -0.751. The zero-order chi connectivity index (χ0) is 16.9. The fourth-order valence-corrected chi connectivity index (χ4v) is 2.68. The Balaban J connectivity index is 2.37. The number of carboxylic acid groups (broad SMARTS) is 1. The lowest BCUT2D eigenvalue weighted by atomic mass is 9.90. The molecule has 1 aliphatic rings. The normalized spacial score (nSPS) is 23.9. The first-order valence-corrected chi connectivity index (χ1v) is 8.07. The van der Waals surface area contributed by atoms with Gasteiger partial charge in [-0.05, 0) is 52.4 Å². The number of alkyl carbamates (subject to hydrolysis) is 1. The van der Waals surface area contributed by atoms with Crippen LogP contribution in [-0.2, 0) is 9.53 Å². The second kappa shape index (κ2) is 7.81. The SMILES string of the molecule is CC(C)C(NC1CCC(NC(=O)OC(C)(C)C)CC1)C(=O)O. The molecule has 6 heteroatoms. The van der Waals surface area contributed by atoms with E-state index in [9.17, 15) is 14.7 Å². The van der Waals surface area contributed by atoms with Gasteiger partial charge in [-0.25, -0.2) is 4.79 Å². The van der Waals surface area contributed by atoms with Crippen molar-refractivity contribution in [3.8, 4) is 0 Å². The minimum Gasteiger partial charge on any atom is -0.480 e. The summed E-state index contributed by atoms with van der Waals surface area (Å²) in [6, 6.07) is -0.212. The molecular weight excluding hydrogens is 284 g/mol. The van der Waals surface area contributed by atoms with E-state index in [1.54, 1.807) is 0 Å². The molecule has 0 aromatic carbocycles. The first-order valence-electron chi connectivity index (χ1n) is 8.07. The Hall–Kier alpha value is -1.30. The van der Waals surface area contributed by atoms with Gasteiger partial charge >= 0.3 is 12.1 Å². The molecule has 0 heterocycles. The van der Waals surface area contributed by atoms with Crippen LogP contribution in [0.15, 0.2) is 0 Å². The Bertz CT molecular complexity index is 382. The van der Waals surface area contributed by atoms with Crippen LogP contribution >= 0.6 is 0 Å². The largest absolute Gasteiger partial charge is 0.480 e. The highest BCUT2D eigenvalue weighted by Gasteiger charge is 2.29. The molecule has 22 heavy (non-hydrogen) atoms. The topological polar surface area (TPSA) is 87.7 Å². The van der Waals surface area contributed by atoms with Crippen molar-refractivity contribution >= 4 is 12.1 Å². The first kappa shape index (κ1) is 18.7. The highest BCUT2D eigenvalue weighted by Crippen LogP contribution is 2.20. The predicted molar refractivity (Wildman–Crippen MR) is 84.8 cm³/mol. The molecule has 128 valence electrons. The Morgan fingerprint density at radius 1 is 1.09 bits per heavy atom. The van der Waals surface area contributed by atoms with Gasteiger partial charge in [-0.3, -0.25) is 4.79 Å². The fourth-order valence-electron chi connectivity index (χ4n) is 2.68. The Labute approximate surface area is 133 Å². The highest BCUT2D eigenvalue weighted by atomic mass is 16.6. The van der Waals surface area contributed by atoms with Crippen molar-refractivity contribution in [3.63, 3.8) is 0 Å². The lowest BCUT2D eigenvalue weighted by molar-refractivity contribution is -0.141. The molecule has 1 atom stereocenters. The zero-order valence-electron chi connectivity index (χ0n) is 14.3. The molecule has 0 saturated heterocycles. The van der Waals surface area contributed by atoms with E-state index in [0.29, 0.717) is 0 Å². The third-order valence-electron chi connectivity index (χ3n) is 3.80. The zero-order valence-corrected chi connectivity index (χ0v) is 14.3. The first-order chi connectivity index (χ1) is 10.1. The molecule has 1 aliphatic carbocycles. The lowest BCUT2D eigenvalue weighted by Gasteiger charge is -2.32. The van der Waals surface area contributed by atoms with E-state index in [-0.39, 0.29) is 24.1 Å². The number of nitrogens with one attached hydrogen (secondary N) is 2. The van der Waals surface area contributed by atoms with Crippen LogP contribution in [0.4, 0.5) is 4.79 Å². The predicted octanol–water partition coefficient (Wildman–Crippen LogP) is 2.52. The van der Waals surface area contributed by atoms with Gasteiger partial charge in [-0.1, -0.05) is 13.8 Å². The van der Waals surface area contributed by atoms with Gasteiger partial charge in [-0.2, -0.15) is 0 Å². The summed E-state index contributed by atoms with van der Waals surface area (Å²) in [5.41, 5.74) is -0.491. The van der Waals surface area contributed by atoms with Gasteiger partial charge in [0.25, 0.3) is 0 Å². The number of carbonyl (C=O) groups is 2. The summed E-state index contributed by atoms with van der Waals surface area (Å²) in [4.78, 5) is 23.0. The van der Waals surface area contributed by atoms with Gasteiger partial charge in [0.15, 0.2) is 0 Å². The maximum Gasteiger partial charge on any atom is 0.407 e. The Morgan fingerprint density at radius 2 is 1.59 bits per heavy atom. The lowest BCUT2D eigenvalue weighted by Crippen LogP contribution is -2.49. The van der Waals surface area contributed by atoms with Crippen molar-refractivity contribution in [2.24, 2.45) is 5.92 Å². The number of amides is 1. The molecule has 0 aromatic heterocycles. The van der Waals surface area contributed by atoms with Crippen LogP contribution in [0.1, 0.15) is 60.3 Å². The van der Waals surface area contributed by atoms with Gasteiger partial charge in [0, 0.05) is 12.1 Å². The smallest absolute Gasteiger partial charge is 0.407 e. The van der Waals surface area contributed by atoms with Crippen molar-refractivity contribution in [1.82, 2.24) is 10.6 Å². The minimum atomic E-state index is -0.802. The van der Waals surface area contributed by atoms with Crippen molar-refractivity contribution in [2.45, 2.75) is 84.0 Å². The van der Waals surface area contributed by atoms with Gasteiger partial charge in [-0.15, -0.1) is 0 Å². The molecule has 6 nitrogen and oxygen atoms in total. The third kappa shape index (κ3) is 6.64.